The molecule has 1 aliphatic rings. The maximum Gasteiger partial charge on any atom is 0.435 e. The second-order valence-corrected chi connectivity index (χ2v) is 6.66. The number of hydrogen-bond donors (Lipinski definition) is 2. The van der Waals surface area contributed by atoms with E-state index in [4.69, 9.17) is 16.3 Å². The second-order valence-electron chi connectivity index (χ2n) is 6.66. The van der Waals surface area contributed by atoms with E-state index in [0.717, 1.165) is 18.9 Å². The summed E-state index contributed by atoms with van der Waals surface area (Å²) in [6, 6.07) is 6.12. The number of halogens is 3. The second kappa shape index (κ2) is 7.53. The van der Waals surface area contributed by atoms with Gasteiger partial charge in [-0.15, -0.1) is 0 Å². The normalized spacial score (nSPS) is 14.9. The van der Waals surface area contributed by atoms with Gasteiger partial charge in [0.15, 0.2) is 11.5 Å². The molecule has 28 heavy (non-hydrogen) atoms. The Bertz CT molecular complexity index is 916. The molecule has 0 unspecified atom stereocenters. The summed E-state index contributed by atoms with van der Waals surface area (Å²) in [5.74, 6) is -0.689. The molecule has 1 aromatic carbocycles. The molecule has 0 bridgehead atoms. The van der Waals surface area contributed by atoms with E-state index < -0.39 is 17.8 Å². The summed E-state index contributed by atoms with van der Waals surface area (Å²) < 4.78 is 39.9. The molecule has 0 saturated heterocycles. The molecule has 1 saturated carbocycles. The molecule has 7 nitrogen and oxygen atoms in total. The van der Waals surface area contributed by atoms with Crippen molar-refractivity contribution in [3.8, 4) is 0 Å². The van der Waals surface area contributed by atoms with E-state index in [1.165, 1.54) is 4.68 Å². The van der Waals surface area contributed by atoms with Gasteiger partial charge in [0.1, 0.15) is 0 Å². The van der Waals surface area contributed by atoms with Gasteiger partial charge in [0.05, 0.1) is 13.0 Å². The van der Waals surface area contributed by atoms with Crippen LogP contribution in [0.25, 0.3) is 0 Å². The van der Waals surface area contributed by atoms with Gasteiger partial charge >= 0.3 is 12.1 Å². The lowest BCUT2D eigenvalue weighted by Gasteiger charge is -2.08. The molecule has 10 heteroatoms. The van der Waals surface area contributed by atoms with Crippen LogP contribution in [0.5, 0.6) is 0 Å². The van der Waals surface area contributed by atoms with Crippen molar-refractivity contribution in [1.29, 1.82) is 0 Å². The number of benzene rings is 1. The Hall–Kier alpha value is -3.04. The Morgan fingerprint density at radius 3 is 2.75 bits per heavy atom. The summed E-state index contributed by atoms with van der Waals surface area (Å²) >= 11 is 0. The molecular formula is C18H20F3N5O2. The number of nitrogen functional groups attached to an aromatic ring is 1. The Morgan fingerprint density at radius 2 is 2.11 bits per heavy atom. The van der Waals surface area contributed by atoms with Gasteiger partial charge in [-0.3, -0.25) is 4.68 Å². The van der Waals surface area contributed by atoms with Gasteiger partial charge < -0.3 is 16.3 Å². The molecular weight excluding hydrogens is 375 g/mol. The minimum absolute atomic E-state index is 0.0183. The molecule has 0 atom stereocenters. The van der Waals surface area contributed by atoms with Crippen LogP contribution in [-0.2, 0) is 22.4 Å². The maximum atomic E-state index is 12.9. The number of amidine groups is 1. The Labute approximate surface area is 159 Å². The number of nitrogens with zero attached hydrogens (tertiary/aromatic N) is 3. The summed E-state index contributed by atoms with van der Waals surface area (Å²) in [4.78, 5) is 16.7. The fourth-order valence-electron chi connectivity index (χ4n) is 2.78. The highest BCUT2D eigenvalue weighted by Crippen LogP contribution is 2.42. The van der Waals surface area contributed by atoms with Gasteiger partial charge in [0, 0.05) is 22.9 Å². The molecule has 2 aromatic rings. The van der Waals surface area contributed by atoms with Gasteiger partial charge in [-0.2, -0.15) is 18.3 Å². The van der Waals surface area contributed by atoms with Crippen LogP contribution in [0.2, 0.25) is 0 Å². The Morgan fingerprint density at radius 1 is 1.39 bits per heavy atom. The molecule has 150 valence electrons. The van der Waals surface area contributed by atoms with Gasteiger partial charge in [-0.25, -0.2) is 4.79 Å². The maximum absolute atomic E-state index is 12.9. The highest BCUT2D eigenvalue weighted by molar-refractivity contribution is 5.99. The van der Waals surface area contributed by atoms with E-state index in [0.29, 0.717) is 22.5 Å². The van der Waals surface area contributed by atoms with E-state index in [-0.39, 0.29) is 24.7 Å². The van der Waals surface area contributed by atoms with Crippen molar-refractivity contribution in [1.82, 2.24) is 9.78 Å². The summed E-state index contributed by atoms with van der Waals surface area (Å²) in [6.45, 7) is 1.72. The van der Waals surface area contributed by atoms with Crippen molar-refractivity contribution < 1.29 is 22.8 Å². The van der Waals surface area contributed by atoms with Crippen molar-refractivity contribution in [2.45, 2.75) is 44.8 Å². The number of oxime groups is 1. The third-order valence-electron chi connectivity index (χ3n) is 4.52. The number of aromatic nitrogens is 2. The van der Waals surface area contributed by atoms with Crippen LogP contribution in [0.1, 0.15) is 47.7 Å². The van der Waals surface area contributed by atoms with Gasteiger partial charge in [-0.1, -0.05) is 17.3 Å². The van der Waals surface area contributed by atoms with Gasteiger partial charge in [-0.05, 0) is 37.5 Å². The SMILES string of the molecule is Cc1c(N)cccc1/C(N)=N/OC(=O)CCn1nc(C(F)(F)F)cc1C1CC1. The number of rotatable bonds is 6. The summed E-state index contributed by atoms with van der Waals surface area (Å²) in [5.41, 5.74) is 12.9. The lowest BCUT2D eigenvalue weighted by Crippen LogP contribution is -2.18. The number of hydrogen-bond acceptors (Lipinski definition) is 5. The number of nitrogens with two attached hydrogens (primary N) is 2. The van der Waals surface area contributed by atoms with E-state index in [2.05, 4.69) is 10.3 Å². The molecule has 0 amide bonds. The molecule has 0 radical (unpaired) electrons. The first-order valence-electron chi connectivity index (χ1n) is 8.70. The topological polar surface area (TPSA) is 109 Å². The zero-order valence-corrected chi connectivity index (χ0v) is 15.2. The molecule has 3 rings (SSSR count). The first kappa shape index (κ1) is 19.7. The average molecular weight is 395 g/mol. The number of carbonyl (C=O) groups is 1. The van der Waals surface area contributed by atoms with Crippen LogP contribution in [0, 0.1) is 6.92 Å². The highest BCUT2D eigenvalue weighted by atomic mass is 19.4. The third-order valence-corrected chi connectivity index (χ3v) is 4.52. The van der Waals surface area contributed by atoms with E-state index in [1.807, 2.05) is 0 Å². The predicted molar refractivity (Wildman–Crippen MR) is 96.2 cm³/mol. The quantitative estimate of drug-likeness (QED) is 0.257. The van der Waals surface area contributed by atoms with Crippen LogP contribution in [-0.4, -0.2) is 21.6 Å². The van der Waals surface area contributed by atoms with Crippen molar-refractivity contribution in [3.05, 3.63) is 46.8 Å². The molecule has 0 spiro atoms. The Balaban J connectivity index is 1.63. The minimum atomic E-state index is -4.52. The minimum Gasteiger partial charge on any atom is -0.398 e. The number of anilines is 1. The molecule has 1 aliphatic carbocycles. The molecule has 1 fully saturated rings. The molecule has 1 aromatic heterocycles. The van der Waals surface area contributed by atoms with Gasteiger partial charge in [0.25, 0.3) is 0 Å². The first-order chi connectivity index (χ1) is 13.2. The van der Waals surface area contributed by atoms with Crippen LogP contribution in [0.15, 0.2) is 29.4 Å². The van der Waals surface area contributed by atoms with Crippen molar-refractivity contribution in [2.75, 3.05) is 5.73 Å². The summed E-state index contributed by atoms with van der Waals surface area (Å²) in [5, 5.41) is 7.19. The summed E-state index contributed by atoms with van der Waals surface area (Å²) in [6.07, 6.45) is -3.09. The Kier molecular flexibility index (Phi) is 5.30. The van der Waals surface area contributed by atoms with E-state index >= 15 is 0 Å². The molecule has 4 N–H and O–H groups in total. The molecule has 0 aliphatic heterocycles. The van der Waals surface area contributed by atoms with Crippen LogP contribution < -0.4 is 11.5 Å². The van der Waals surface area contributed by atoms with E-state index in [1.54, 1.807) is 25.1 Å². The number of carbonyl (C=O) groups excluding carboxylic acids is 1. The number of aryl methyl sites for hydroxylation is 1. The summed E-state index contributed by atoms with van der Waals surface area (Å²) in [7, 11) is 0. The van der Waals surface area contributed by atoms with Crippen LogP contribution in [0.4, 0.5) is 18.9 Å². The first-order valence-corrected chi connectivity index (χ1v) is 8.70. The zero-order valence-electron chi connectivity index (χ0n) is 15.2. The zero-order chi connectivity index (χ0) is 20.5. The standard InChI is InChI=1S/C18H20F3N5O2/c1-10-12(3-2-4-13(10)22)17(23)25-28-16(27)7-8-26-14(11-5-6-11)9-15(24-26)18(19,20)21/h2-4,9,11H,5-8,22H2,1H3,(H2,23,25). The van der Waals surface area contributed by atoms with Crippen molar-refractivity contribution in [2.24, 2.45) is 10.9 Å². The lowest BCUT2D eigenvalue weighted by atomic mass is 10.1. The van der Waals surface area contributed by atoms with Crippen LogP contribution >= 0.6 is 0 Å². The third kappa shape index (κ3) is 4.44. The predicted octanol–water partition coefficient (Wildman–Crippen LogP) is 2.92. The fourth-order valence-corrected chi connectivity index (χ4v) is 2.78. The monoisotopic (exact) mass is 395 g/mol. The smallest absolute Gasteiger partial charge is 0.398 e. The number of alkyl halides is 3. The van der Waals surface area contributed by atoms with Crippen LogP contribution in [0.3, 0.4) is 0 Å². The van der Waals surface area contributed by atoms with Crippen molar-refractivity contribution >= 4 is 17.5 Å². The molecule has 1 heterocycles. The highest BCUT2D eigenvalue weighted by Gasteiger charge is 2.37. The van der Waals surface area contributed by atoms with E-state index in [9.17, 15) is 18.0 Å². The largest absolute Gasteiger partial charge is 0.435 e. The van der Waals surface area contributed by atoms with Gasteiger partial charge in [0.2, 0.25) is 0 Å². The average Bonchev–Trinajstić information content (AvgIpc) is 3.38. The van der Waals surface area contributed by atoms with Crippen molar-refractivity contribution in [3.63, 3.8) is 0 Å². The lowest BCUT2D eigenvalue weighted by molar-refractivity contribution is -0.144. The fraction of sp³-hybridized carbons (Fsp3) is 0.389.